The second-order valence-electron chi connectivity index (χ2n) is 8.32. The summed E-state index contributed by atoms with van der Waals surface area (Å²) < 4.78 is 2.18. The molecule has 28 heavy (non-hydrogen) atoms. The van der Waals surface area contributed by atoms with Crippen LogP contribution in [0.15, 0.2) is 18.2 Å². The molecule has 1 aliphatic heterocycles. The lowest BCUT2D eigenvalue weighted by molar-refractivity contribution is 0.0700. The number of amides is 1. The minimum absolute atomic E-state index is 0.156. The molecule has 2 aromatic heterocycles. The predicted octanol–water partition coefficient (Wildman–Crippen LogP) is 4.86. The van der Waals surface area contributed by atoms with Crippen molar-refractivity contribution in [3.63, 3.8) is 0 Å². The first-order valence-corrected chi connectivity index (χ1v) is 11.4. The third-order valence-electron chi connectivity index (χ3n) is 6.57. The number of benzene rings is 1. The fourth-order valence-electron chi connectivity index (χ4n) is 4.87. The Morgan fingerprint density at radius 1 is 1.14 bits per heavy atom. The molecule has 1 aliphatic carbocycles. The van der Waals surface area contributed by atoms with Crippen LogP contribution in [-0.2, 0) is 0 Å². The van der Waals surface area contributed by atoms with Crippen molar-refractivity contribution in [3.8, 4) is 0 Å². The van der Waals surface area contributed by atoms with Crippen molar-refractivity contribution < 1.29 is 4.79 Å². The molecule has 0 spiro atoms. The summed E-state index contributed by atoms with van der Waals surface area (Å²) in [5.41, 5.74) is 4.42. The van der Waals surface area contributed by atoms with Crippen LogP contribution in [0.5, 0.6) is 0 Å². The lowest BCUT2D eigenvalue weighted by Crippen LogP contribution is -2.38. The molecule has 1 aromatic carbocycles. The van der Waals surface area contributed by atoms with Gasteiger partial charge >= 0.3 is 0 Å². The molecule has 0 N–H and O–H groups in total. The molecule has 1 saturated carbocycles. The number of carbonyl (C=O) groups excluding carboxylic acids is 1. The number of fused-ring (bicyclic) bond motifs is 3. The van der Waals surface area contributed by atoms with E-state index in [1.165, 1.54) is 49.1 Å². The summed E-state index contributed by atoms with van der Waals surface area (Å²) in [5, 5.41) is 0. The average molecular weight is 397 g/mol. The first kappa shape index (κ1) is 18.0. The fourth-order valence-corrected chi connectivity index (χ4v) is 5.99. The Bertz CT molecular complexity index is 1020. The summed E-state index contributed by atoms with van der Waals surface area (Å²) in [6.07, 6.45) is 8.57. The van der Waals surface area contributed by atoms with E-state index in [0.29, 0.717) is 6.04 Å². The number of aryl methyl sites for hydroxylation is 1. The van der Waals surface area contributed by atoms with E-state index in [1.807, 2.05) is 11.9 Å². The highest BCUT2D eigenvalue weighted by Gasteiger charge is 2.27. The van der Waals surface area contributed by atoms with Crippen molar-refractivity contribution in [1.29, 1.82) is 0 Å². The van der Waals surface area contributed by atoms with Gasteiger partial charge < -0.3 is 9.80 Å². The summed E-state index contributed by atoms with van der Waals surface area (Å²) in [4.78, 5) is 24.2. The second-order valence-corrected chi connectivity index (χ2v) is 9.30. The highest BCUT2D eigenvalue weighted by atomic mass is 32.1. The van der Waals surface area contributed by atoms with Crippen LogP contribution >= 0.6 is 11.3 Å². The first-order valence-electron chi connectivity index (χ1n) is 10.6. The summed E-state index contributed by atoms with van der Waals surface area (Å²) in [5.74, 6) is 0.156. The lowest BCUT2D eigenvalue weighted by atomic mass is 9.94. The summed E-state index contributed by atoms with van der Waals surface area (Å²) in [6, 6.07) is 6.94. The zero-order chi connectivity index (χ0) is 19.3. The van der Waals surface area contributed by atoms with Crippen molar-refractivity contribution >= 4 is 38.9 Å². The summed E-state index contributed by atoms with van der Waals surface area (Å²) in [6.45, 7) is 4.33. The monoisotopic (exact) mass is 396 g/mol. The lowest BCUT2D eigenvalue weighted by Gasteiger charge is -2.31. The Kier molecular flexibility index (Phi) is 4.54. The number of carbonyl (C=O) groups is 1. The number of hydrogen-bond donors (Lipinski definition) is 0. The van der Waals surface area contributed by atoms with E-state index in [4.69, 9.17) is 4.98 Å². The van der Waals surface area contributed by atoms with Crippen LogP contribution in [-0.4, -0.2) is 46.4 Å². The van der Waals surface area contributed by atoms with Crippen LogP contribution in [0.2, 0.25) is 0 Å². The molecular weight excluding hydrogens is 368 g/mol. The molecule has 6 heteroatoms. The molecule has 5 nitrogen and oxygen atoms in total. The quantitative estimate of drug-likeness (QED) is 0.635. The molecule has 1 amide bonds. The number of nitrogens with zero attached hydrogens (tertiary/aromatic N) is 4. The van der Waals surface area contributed by atoms with E-state index < -0.39 is 0 Å². The maximum atomic E-state index is 13.2. The molecule has 1 saturated heterocycles. The molecule has 2 fully saturated rings. The van der Waals surface area contributed by atoms with Gasteiger partial charge in [0.1, 0.15) is 4.88 Å². The first-order chi connectivity index (χ1) is 13.6. The highest BCUT2D eigenvalue weighted by Crippen LogP contribution is 2.32. The zero-order valence-corrected chi connectivity index (χ0v) is 17.6. The van der Waals surface area contributed by atoms with E-state index in [1.54, 1.807) is 0 Å². The standard InChI is InChI=1S/C22H28N4OS/c1-15-20(21(27)24(2)16-8-4-3-5-9-16)28-22-23-18-11-10-17(14-19(18)26(15)22)25-12-6-7-13-25/h10-11,14,16H,3-9,12-13H2,1-2H3. The van der Waals surface area contributed by atoms with Crippen LogP contribution in [0, 0.1) is 6.92 Å². The van der Waals surface area contributed by atoms with Crippen LogP contribution in [0.25, 0.3) is 16.0 Å². The minimum Gasteiger partial charge on any atom is -0.371 e. The van der Waals surface area contributed by atoms with E-state index in [-0.39, 0.29) is 5.91 Å². The van der Waals surface area contributed by atoms with E-state index in [9.17, 15) is 4.79 Å². The smallest absolute Gasteiger partial charge is 0.265 e. The molecule has 148 valence electrons. The van der Waals surface area contributed by atoms with E-state index in [2.05, 4.69) is 34.4 Å². The second kappa shape index (κ2) is 7.07. The third kappa shape index (κ3) is 2.89. The van der Waals surface area contributed by atoms with Crippen LogP contribution < -0.4 is 4.90 Å². The molecular formula is C22H28N4OS. The Balaban J connectivity index is 1.52. The van der Waals surface area contributed by atoms with E-state index >= 15 is 0 Å². The van der Waals surface area contributed by atoms with Gasteiger partial charge in [0.15, 0.2) is 4.96 Å². The van der Waals surface area contributed by atoms with Gasteiger partial charge in [-0.05, 0) is 50.8 Å². The van der Waals surface area contributed by atoms with E-state index in [0.717, 1.165) is 52.5 Å². The zero-order valence-electron chi connectivity index (χ0n) is 16.8. The van der Waals surface area contributed by atoms with Gasteiger partial charge in [-0.1, -0.05) is 30.6 Å². The molecule has 3 heterocycles. The van der Waals surface area contributed by atoms with Crippen molar-refractivity contribution in [1.82, 2.24) is 14.3 Å². The average Bonchev–Trinajstić information content (AvgIpc) is 3.44. The highest BCUT2D eigenvalue weighted by molar-refractivity contribution is 7.19. The molecule has 5 rings (SSSR count). The van der Waals surface area contributed by atoms with Crippen LogP contribution in [0.3, 0.4) is 0 Å². The van der Waals surface area contributed by atoms with Crippen molar-refractivity contribution in [2.45, 2.75) is 57.9 Å². The Morgan fingerprint density at radius 3 is 2.64 bits per heavy atom. The van der Waals surface area contributed by atoms with Gasteiger partial charge in [0.05, 0.1) is 11.0 Å². The molecule has 0 bridgehead atoms. The normalized spacial score (nSPS) is 18.4. The Labute approximate surface area is 170 Å². The van der Waals surface area contributed by atoms with Crippen molar-refractivity contribution in [3.05, 3.63) is 28.8 Å². The third-order valence-corrected chi connectivity index (χ3v) is 7.70. The molecule has 3 aromatic rings. The SMILES string of the molecule is Cc1c(C(=O)N(C)C2CCCCC2)sc2nc3ccc(N4CCCC4)cc3n12. The van der Waals surface area contributed by atoms with Crippen molar-refractivity contribution in [2.75, 3.05) is 25.0 Å². The number of thiazole rings is 1. The molecule has 0 unspecified atom stereocenters. The number of imidazole rings is 1. The maximum absolute atomic E-state index is 13.2. The Morgan fingerprint density at radius 2 is 1.89 bits per heavy atom. The maximum Gasteiger partial charge on any atom is 0.265 e. The van der Waals surface area contributed by atoms with Gasteiger partial charge in [0.2, 0.25) is 0 Å². The molecule has 0 atom stereocenters. The van der Waals surface area contributed by atoms with Gasteiger partial charge in [0.25, 0.3) is 5.91 Å². The van der Waals surface area contributed by atoms with Crippen LogP contribution in [0.1, 0.15) is 60.3 Å². The number of aromatic nitrogens is 2. The largest absolute Gasteiger partial charge is 0.371 e. The minimum atomic E-state index is 0.156. The van der Waals surface area contributed by atoms with Gasteiger partial charge in [0, 0.05) is 37.6 Å². The van der Waals surface area contributed by atoms with Gasteiger partial charge in [-0.2, -0.15) is 0 Å². The summed E-state index contributed by atoms with van der Waals surface area (Å²) >= 11 is 1.54. The molecule has 2 aliphatic rings. The number of anilines is 1. The molecule has 0 radical (unpaired) electrons. The fraction of sp³-hybridized carbons (Fsp3) is 0.545. The number of rotatable bonds is 3. The van der Waals surface area contributed by atoms with Gasteiger partial charge in [-0.25, -0.2) is 4.98 Å². The topological polar surface area (TPSA) is 40.9 Å². The van der Waals surface area contributed by atoms with Crippen LogP contribution in [0.4, 0.5) is 5.69 Å². The van der Waals surface area contributed by atoms with Crippen molar-refractivity contribution in [2.24, 2.45) is 0 Å². The predicted molar refractivity (Wildman–Crippen MR) is 116 cm³/mol. The summed E-state index contributed by atoms with van der Waals surface area (Å²) in [7, 11) is 1.98. The number of hydrogen-bond acceptors (Lipinski definition) is 4. The van der Waals surface area contributed by atoms with Gasteiger partial charge in [-0.3, -0.25) is 9.20 Å². The van der Waals surface area contributed by atoms with Gasteiger partial charge in [-0.15, -0.1) is 0 Å². The Hall–Kier alpha value is -2.08.